The van der Waals surface area contributed by atoms with Crippen molar-refractivity contribution in [3.05, 3.63) is 0 Å². The maximum Gasteiger partial charge on any atom is 0.166 e. The van der Waals surface area contributed by atoms with E-state index in [2.05, 4.69) is 24.5 Å². The zero-order chi connectivity index (χ0) is 7.28. The molecule has 70 valence electrons. The van der Waals surface area contributed by atoms with E-state index in [-0.39, 0.29) is 14.9 Å². The third kappa shape index (κ3) is 9.69. The summed E-state index contributed by atoms with van der Waals surface area (Å²) in [7, 11) is 1.82. The lowest BCUT2D eigenvalue weighted by atomic mass is 10.3. The second-order valence-electron chi connectivity index (χ2n) is 2.03. The smallest absolute Gasteiger partial charge is 0.166 e. The lowest BCUT2D eigenvalue weighted by Gasteiger charge is -2.12. The van der Waals surface area contributed by atoms with Gasteiger partial charge in [0.1, 0.15) is 0 Å². The highest BCUT2D eigenvalue weighted by molar-refractivity contribution is 7.80. The standard InChI is InChI=1S/C6H14N2S.2CH4/c1-4-5(2)8-6(9)7-3;;/h5H,4H2,1-3H3,(H2,7,8,9);2*1H4. The van der Waals surface area contributed by atoms with E-state index in [0.717, 1.165) is 11.5 Å². The summed E-state index contributed by atoms with van der Waals surface area (Å²) in [6, 6.07) is 0.477. The molecule has 3 heteroatoms. The zero-order valence-electron chi connectivity index (χ0n) is 6.19. The fourth-order valence-electron chi connectivity index (χ4n) is 0.398. The Morgan fingerprint density at radius 2 is 1.91 bits per heavy atom. The van der Waals surface area contributed by atoms with Gasteiger partial charge in [-0.25, -0.2) is 0 Å². The van der Waals surface area contributed by atoms with Crippen LogP contribution in [-0.2, 0) is 0 Å². The second-order valence-corrected chi connectivity index (χ2v) is 2.44. The molecule has 2 nitrogen and oxygen atoms in total. The molecule has 1 atom stereocenters. The van der Waals surface area contributed by atoms with Crippen LogP contribution in [-0.4, -0.2) is 18.2 Å². The molecule has 0 aliphatic heterocycles. The molecular formula is C8H22N2S. The first kappa shape index (κ1) is 17.0. The van der Waals surface area contributed by atoms with Gasteiger partial charge >= 0.3 is 0 Å². The van der Waals surface area contributed by atoms with Crippen LogP contribution in [0.1, 0.15) is 35.1 Å². The highest BCUT2D eigenvalue weighted by Crippen LogP contribution is 1.85. The predicted octanol–water partition coefficient (Wildman–Crippen LogP) is 2.15. The third-order valence-electron chi connectivity index (χ3n) is 1.22. The van der Waals surface area contributed by atoms with E-state index >= 15 is 0 Å². The third-order valence-corrected chi connectivity index (χ3v) is 1.54. The fraction of sp³-hybridized carbons (Fsp3) is 0.875. The second kappa shape index (κ2) is 9.69. The summed E-state index contributed by atoms with van der Waals surface area (Å²) >= 11 is 4.88. The Kier molecular flexibility index (Phi) is 15.0. The zero-order valence-corrected chi connectivity index (χ0v) is 7.01. The van der Waals surface area contributed by atoms with Crippen molar-refractivity contribution in [2.24, 2.45) is 0 Å². The summed E-state index contributed by atoms with van der Waals surface area (Å²) < 4.78 is 0. The van der Waals surface area contributed by atoms with Crippen LogP contribution in [0.5, 0.6) is 0 Å². The maximum atomic E-state index is 4.88. The van der Waals surface area contributed by atoms with E-state index in [1.165, 1.54) is 0 Å². The molecule has 0 aromatic heterocycles. The topological polar surface area (TPSA) is 24.1 Å². The molecule has 2 N–H and O–H groups in total. The molecule has 0 amide bonds. The highest BCUT2D eigenvalue weighted by Gasteiger charge is 1.96. The predicted molar refractivity (Wildman–Crippen MR) is 58.0 cm³/mol. The Morgan fingerprint density at radius 3 is 2.18 bits per heavy atom. The molecule has 0 saturated heterocycles. The van der Waals surface area contributed by atoms with Crippen molar-refractivity contribution < 1.29 is 0 Å². The molecule has 1 unspecified atom stereocenters. The van der Waals surface area contributed by atoms with Crippen molar-refractivity contribution in [1.82, 2.24) is 10.6 Å². The number of hydrogen-bond acceptors (Lipinski definition) is 1. The number of thiocarbonyl (C=S) groups is 1. The van der Waals surface area contributed by atoms with Crippen LogP contribution in [0, 0.1) is 0 Å². The summed E-state index contributed by atoms with van der Waals surface area (Å²) in [6.07, 6.45) is 1.10. The highest BCUT2D eigenvalue weighted by atomic mass is 32.1. The van der Waals surface area contributed by atoms with E-state index in [1.54, 1.807) is 0 Å². The van der Waals surface area contributed by atoms with Crippen molar-refractivity contribution >= 4 is 17.3 Å². The summed E-state index contributed by atoms with van der Waals surface area (Å²) in [5.41, 5.74) is 0. The van der Waals surface area contributed by atoms with Gasteiger partial charge in [0.15, 0.2) is 5.11 Å². The number of hydrogen-bond donors (Lipinski definition) is 2. The number of nitrogens with one attached hydrogen (secondary N) is 2. The van der Waals surface area contributed by atoms with Crippen LogP contribution < -0.4 is 10.6 Å². The SMILES string of the molecule is C.C.CCC(C)NC(=S)NC. The van der Waals surface area contributed by atoms with Gasteiger partial charge < -0.3 is 10.6 Å². The molecular weight excluding hydrogens is 156 g/mol. The molecule has 0 aromatic rings. The normalized spacial score (nSPS) is 10.1. The van der Waals surface area contributed by atoms with E-state index in [1.807, 2.05) is 7.05 Å². The minimum Gasteiger partial charge on any atom is -0.366 e. The number of rotatable bonds is 2. The van der Waals surface area contributed by atoms with Crippen molar-refractivity contribution in [3.63, 3.8) is 0 Å². The molecule has 0 spiro atoms. The molecule has 0 saturated carbocycles. The lowest BCUT2D eigenvalue weighted by molar-refractivity contribution is 0.638. The molecule has 0 rings (SSSR count). The molecule has 0 heterocycles. The van der Waals surface area contributed by atoms with Crippen LogP contribution in [0.25, 0.3) is 0 Å². The monoisotopic (exact) mass is 178 g/mol. The van der Waals surface area contributed by atoms with Crippen LogP contribution in [0.3, 0.4) is 0 Å². The van der Waals surface area contributed by atoms with Crippen molar-refractivity contribution in [2.75, 3.05) is 7.05 Å². The minimum absolute atomic E-state index is 0. The van der Waals surface area contributed by atoms with Crippen LogP contribution in [0.2, 0.25) is 0 Å². The molecule has 0 aliphatic rings. The average Bonchev–Trinajstić information content (AvgIpc) is 1.87. The molecule has 0 fully saturated rings. The van der Waals surface area contributed by atoms with E-state index in [9.17, 15) is 0 Å². The van der Waals surface area contributed by atoms with Crippen molar-refractivity contribution in [3.8, 4) is 0 Å². The average molecular weight is 178 g/mol. The molecule has 11 heavy (non-hydrogen) atoms. The van der Waals surface area contributed by atoms with Gasteiger partial charge in [-0.1, -0.05) is 21.8 Å². The van der Waals surface area contributed by atoms with E-state index in [4.69, 9.17) is 12.2 Å². The summed E-state index contributed by atoms with van der Waals surface area (Å²) in [6.45, 7) is 4.22. The van der Waals surface area contributed by atoms with Gasteiger partial charge in [-0.05, 0) is 25.6 Å². The van der Waals surface area contributed by atoms with Gasteiger partial charge in [-0.2, -0.15) is 0 Å². The van der Waals surface area contributed by atoms with Crippen molar-refractivity contribution in [1.29, 1.82) is 0 Å². The van der Waals surface area contributed by atoms with Gasteiger partial charge in [0, 0.05) is 13.1 Å². The van der Waals surface area contributed by atoms with E-state index < -0.39 is 0 Å². The summed E-state index contributed by atoms with van der Waals surface area (Å²) in [5.74, 6) is 0. The van der Waals surface area contributed by atoms with Crippen LogP contribution in [0.15, 0.2) is 0 Å². The summed E-state index contributed by atoms with van der Waals surface area (Å²) in [4.78, 5) is 0. The Balaban J connectivity index is -0.000000320. The molecule has 0 radical (unpaired) electrons. The van der Waals surface area contributed by atoms with Gasteiger partial charge in [0.05, 0.1) is 0 Å². The first-order valence-electron chi connectivity index (χ1n) is 3.19. The fourth-order valence-corrected chi connectivity index (χ4v) is 0.599. The Hall–Kier alpha value is -0.310. The molecule has 0 bridgehead atoms. The lowest BCUT2D eigenvalue weighted by Crippen LogP contribution is -2.38. The Bertz CT molecular complexity index is 94.1. The van der Waals surface area contributed by atoms with Gasteiger partial charge in [-0.3, -0.25) is 0 Å². The van der Waals surface area contributed by atoms with E-state index in [0.29, 0.717) is 6.04 Å². The first-order chi connectivity index (χ1) is 4.20. The first-order valence-corrected chi connectivity index (χ1v) is 3.59. The molecule has 0 aromatic carbocycles. The maximum absolute atomic E-state index is 4.88. The Morgan fingerprint density at radius 1 is 1.45 bits per heavy atom. The van der Waals surface area contributed by atoms with Crippen molar-refractivity contribution in [2.45, 2.75) is 41.2 Å². The Labute approximate surface area is 76.8 Å². The van der Waals surface area contributed by atoms with Gasteiger partial charge in [0.2, 0.25) is 0 Å². The summed E-state index contributed by atoms with van der Waals surface area (Å²) in [5, 5.41) is 6.68. The van der Waals surface area contributed by atoms with Gasteiger partial charge in [0.25, 0.3) is 0 Å². The van der Waals surface area contributed by atoms with Crippen LogP contribution >= 0.6 is 12.2 Å². The van der Waals surface area contributed by atoms with Gasteiger partial charge in [-0.15, -0.1) is 0 Å². The van der Waals surface area contributed by atoms with Crippen LogP contribution in [0.4, 0.5) is 0 Å². The quantitative estimate of drug-likeness (QED) is 0.634. The molecule has 0 aliphatic carbocycles. The minimum atomic E-state index is 0. The largest absolute Gasteiger partial charge is 0.366 e.